The van der Waals surface area contributed by atoms with Crippen LogP contribution in [0.4, 0.5) is 0 Å². The third kappa shape index (κ3) is 1.81. The lowest BCUT2D eigenvalue weighted by molar-refractivity contribution is 0.0928. The van der Waals surface area contributed by atoms with Crippen LogP contribution >= 0.6 is 0 Å². The van der Waals surface area contributed by atoms with Crippen LogP contribution in [0.15, 0.2) is 29.0 Å². The fourth-order valence-corrected chi connectivity index (χ4v) is 3.26. The van der Waals surface area contributed by atoms with E-state index in [1.54, 1.807) is 12.1 Å². The Kier molecular flexibility index (Phi) is 2.35. The lowest BCUT2D eigenvalue weighted by Crippen LogP contribution is -2.47. The molecule has 5 nitrogen and oxygen atoms in total. The molecule has 3 unspecified atom stereocenters. The number of nitrogens with zero attached hydrogens (tertiary/aromatic N) is 1. The number of benzene rings is 1. The topological polar surface area (TPSA) is 67.2 Å². The summed E-state index contributed by atoms with van der Waals surface area (Å²) in [5.74, 6) is 0.699. The Bertz CT molecular complexity index is 636. The van der Waals surface area contributed by atoms with Crippen LogP contribution in [0.3, 0.4) is 0 Å². The van der Waals surface area contributed by atoms with Crippen molar-refractivity contribution in [3.05, 3.63) is 30.2 Å². The van der Waals surface area contributed by atoms with E-state index in [1.807, 2.05) is 6.07 Å². The van der Waals surface area contributed by atoms with Gasteiger partial charge in [0.2, 0.25) is 0 Å². The monoisotopic (exact) mass is 257 g/mol. The van der Waals surface area contributed by atoms with E-state index in [0.717, 1.165) is 24.4 Å². The molecule has 2 fully saturated rings. The number of hydrogen-bond acceptors (Lipinski definition) is 4. The Morgan fingerprint density at radius 2 is 2.37 bits per heavy atom. The van der Waals surface area contributed by atoms with Crippen molar-refractivity contribution in [2.24, 2.45) is 5.92 Å². The molecule has 1 amide bonds. The molecule has 0 radical (unpaired) electrons. The molecule has 1 aromatic carbocycles. The minimum Gasteiger partial charge on any atom is -0.443 e. The van der Waals surface area contributed by atoms with E-state index in [9.17, 15) is 4.79 Å². The van der Waals surface area contributed by atoms with Crippen molar-refractivity contribution in [3.63, 3.8) is 0 Å². The molecule has 2 bridgehead atoms. The summed E-state index contributed by atoms with van der Waals surface area (Å²) in [7, 11) is 0. The molecule has 1 aliphatic heterocycles. The van der Waals surface area contributed by atoms with Crippen LogP contribution in [0.25, 0.3) is 11.1 Å². The summed E-state index contributed by atoms with van der Waals surface area (Å²) in [6, 6.07) is 6.06. The highest BCUT2D eigenvalue weighted by Crippen LogP contribution is 2.31. The van der Waals surface area contributed by atoms with Gasteiger partial charge in [0.15, 0.2) is 12.0 Å². The lowest BCUT2D eigenvalue weighted by atomic mass is 10.1. The van der Waals surface area contributed by atoms with Crippen molar-refractivity contribution in [2.45, 2.75) is 24.9 Å². The maximum atomic E-state index is 12.2. The fraction of sp³-hybridized carbons (Fsp3) is 0.429. The van der Waals surface area contributed by atoms with Gasteiger partial charge < -0.3 is 15.1 Å². The van der Waals surface area contributed by atoms with Crippen molar-refractivity contribution in [1.29, 1.82) is 0 Å². The van der Waals surface area contributed by atoms with Crippen molar-refractivity contribution >= 4 is 17.0 Å². The van der Waals surface area contributed by atoms with Gasteiger partial charge >= 0.3 is 0 Å². The third-order valence-electron chi connectivity index (χ3n) is 4.24. The maximum Gasteiger partial charge on any atom is 0.251 e. The molecule has 19 heavy (non-hydrogen) atoms. The van der Waals surface area contributed by atoms with Gasteiger partial charge in [-0.15, -0.1) is 0 Å². The van der Waals surface area contributed by atoms with Gasteiger partial charge in [0.05, 0.1) is 0 Å². The first-order valence-corrected chi connectivity index (χ1v) is 6.67. The Labute approximate surface area is 110 Å². The Morgan fingerprint density at radius 1 is 1.42 bits per heavy atom. The van der Waals surface area contributed by atoms with Crippen LogP contribution in [0.5, 0.6) is 0 Å². The average molecular weight is 257 g/mol. The van der Waals surface area contributed by atoms with Crippen molar-refractivity contribution in [2.75, 3.05) is 6.54 Å². The number of nitrogens with one attached hydrogen (secondary N) is 2. The van der Waals surface area contributed by atoms with Gasteiger partial charge in [0, 0.05) is 17.6 Å². The van der Waals surface area contributed by atoms with Crippen LogP contribution in [-0.2, 0) is 0 Å². The molecule has 1 aliphatic carbocycles. The van der Waals surface area contributed by atoms with Crippen molar-refractivity contribution in [1.82, 2.24) is 15.6 Å². The van der Waals surface area contributed by atoms with Gasteiger partial charge in [-0.05, 0) is 43.5 Å². The standard InChI is InChI=1S/C14H15N3O2/c18-14(17-12-4-8-3-11(12)15-6-8)9-1-2-10-13(5-9)19-7-16-10/h1-2,5,7-8,11-12,15H,3-4,6H2,(H,17,18). The highest BCUT2D eigenvalue weighted by Gasteiger charge is 2.40. The molecule has 5 heteroatoms. The van der Waals surface area contributed by atoms with Gasteiger partial charge in [0.1, 0.15) is 5.52 Å². The Balaban J connectivity index is 1.53. The summed E-state index contributed by atoms with van der Waals surface area (Å²) in [6.45, 7) is 1.10. The molecule has 2 heterocycles. The van der Waals surface area contributed by atoms with Gasteiger partial charge in [-0.25, -0.2) is 4.98 Å². The largest absolute Gasteiger partial charge is 0.443 e. The highest BCUT2D eigenvalue weighted by atomic mass is 16.3. The number of fused-ring (bicyclic) bond motifs is 3. The smallest absolute Gasteiger partial charge is 0.251 e. The molecule has 1 aromatic heterocycles. The van der Waals surface area contributed by atoms with Crippen LogP contribution in [0.2, 0.25) is 0 Å². The molecular formula is C14H15N3O2. The number of aromatic nitrogens is 1. The van der Waals surface area contributed by atoms with Crippen LogP contribution < -0.4 is 10.6 Å². The van der Waals surface area contributed by atoms with Gasteiger partial charge in [-0.3, -0.25) is 4.79 Å². The summed E-state index contributed by atoms with van der Waals surface area (Å²) in [5.41, 5.74) is 2.06. The van der Waals surface area contributed by atoms with E-state index < -0.39 is 0 Å². The minimum atomic E-state index is -0.0300. The predicted octanol–water partition coefficient (Wildman–Crippen LogP) is 1.31. The zero-order chi connectivity index (χ0) is 12.8. The van der Waals surface area contributed by atoms with Crippen LogP contribution in [-0.4, -0.2) is 29.5 Å². The summed E-state index contributed by atoms with van der Waals surface area (Å²) in [6.07, 6.45) is 3.67. The lowest BCUT2D eigenvalue weighted by Gasteiger charge is -2.23. The molecule has 98 valence electrons. The average Bonchev–Trinajstić information content (AvgIpc) is 3.13. The quantitative estimate of drug-likeness (QED) is 0.851. The second-order valence-corrected chi connectivity index (χ2v) is 5.47. The number of amides is 1. The first-order valence-electron chi connectivity index (χ1n) is 6.67. The van der Waals surface area contributed by atoms with E-state index in [-0.39, 0.29) is 11.9 Å². The normalized spacial score (nSPS) is 28.9. The van der Waals surface area contributed by atoms with Gasteiger partial charge in [-0.2, -0.15) is 0 Å². The third-order valence-corrected chi connectivity index (χ3v) is 4.24. The highest BCUT2D eigenvalue weighted by molar-refractivity contribution is 5.97. The Hall–Kier alpha value is -1.88. The predicted molar refractivity (Wildman–Crippen MR) is 69.8 cm³/mol. The number of piperidine rings is 1. The number of hydrogen-bond donors (Lipinski definition) is 2. The molecule has 1 saturated carbocycles. The van der Waals surface area contributed by atoms with Gasteiger partial charge in [0.25, 0.3) is 5.91 Å². The molecule has 2 aromatic rings. The first kappa shape index (κ1) is 11.0. The minimum absolute atomic E-state index is 0.0300. The zero-order valence-corrected chi connectivity index (χ0v) is 10.4. The summed E-state index contributed by atoms with van der Waals surface area (Å²) >= 11 is 0. The van der Waals surface area contributed by atoms with E-state index >= 15 is 0 Å². The van der Waals surface area contributed by atoms with E-state index in [4.69, 9.17) is 4.42 Å². The Morgan fingerprint density at radius 3 is 3.16 bits per heavy atom. The van der Waals surface area contributed by atoms with E-state index in [2.05, 4.69) is 15.6 Å². The van der Waals surface area contributed by atoms with Gasteiger partial charge in [-0.1, -0.05) is 0 Å². The molecule has 3 atom stereocenters. The fourth-order valence-electron chi connectivity index (χ4n) is 3.26. The number of carbonyl (C=O) groups is 1. The SMILES string of the molecule is O=C(NC1CC2CNC1C2)c1ccc2ncoc2c1. The molecule has 2 N–H and O–H groups in total. The summed E-state index contributed by atoms with van der Waals surface area (Å²) in [5, 5.41) is 6.57. The molecule has 2 aliphatic rings. The second-order valence-electron chi connectivity index (χ2n) is 5.47. The zero-order valence-electron chi connectivity index (χ0n) is 10.4. The number of carbonyl (C=O) groups excluding carboxylic acids is 1. The first-order chi connectivity index (χ1) is 9.29. The summed E-state index contributed by atoms with van der Waals surface area (Å²) in [4.78, 5) is 16.3. The summed E-state index contributed by atoms with van der Waals surface area (Å²) < 4.78 is 5.22. The van der Waals surface area contributed by atoms with Crippen molar-refractivity contribution in [3.8, 4) is 0 Å². The molecular weight excluding hydrogens is 242 g/mol. The molecule has 0 spiro atoms. The second kappa shape index (κ2) is 4.06. The van der Waals surface area contributed by atoms with E-state index in [0.29, 0.717) is 17.2 Å². The molecule has 4 rings (SSSR count). The number of oxazole rings is 1. The number of rotatable bonds is 2. The van der Waals surface area contributed by atoms with E-state index in [1.165, 1.54) is 12.8 Å². The van der Waals surface area contributed by atoms with Crippen LogP contribution in [0, 0.1) is 5.92 Å². The molecule has 1 saturated heterocycles. The van der Waals surface area contributed by atoms with Crippen molar-refractivity contribution < 1.29 is 9.21 Å². The van der Waals surface area contributed by atoms with Crippen LogP contribution in [0.1, 0.15) is 23.2 Å². The maximum absolute atomic E-state index is 12.2.